The highest BCUT2D eigenvalue weighted by Crippen LogP contribution is 2.39. The molecule has 0 aliphatic carbocycles. The lowest BCUT2D eigenvalue weighted by molar-refractivity contribution is -0.232. The minimum Gasteiger partial charge on any atom is -0.354 e. The van der Waals surface area contributed by atoms with E-state index in [1.165, 1.54) is 32.0 Å². The summed E-state index contributed by atoms with van der Waals surface area (Å²) in [5, 5.41) is 6.08. The molecule has 48 heavy (non-hydrogen) atoms. The van der Waals surface area contributed by atoms with Gasteiger partial charge in [0.2, 0.25) is 5.95 Å². The number of anilines is 3. The first-order valence-corrected chi connectivity index (χ1v) is 15.3. The molecule has 0 saturated carbocycles. The maximum Gasteiger partial charge on any atom is 0.493 e. The fraction of sp³-hybridized carbons (Fsp3) is 0.406. The largest absolute Gasteiger partial charge is 0.493 e. The van der Waals surface area contributed by atoms with Gasteiger partial charge in [-0.15, -0.1) is 0 Å². The standard InChI is InChI=1S/C32H34F5N7O4/c1-17(2)44(48-29(46)32(35,36)37)28(45)19-11-10-18(3)21(15-19)25-22-16-39-31(47)43(26-23(33)8-5-9-24(26)34)27(22)41-30(40-25)38-13-12-20-7-6-14-42(20)4/h5,8-11,15,17,20H,6-7,12-14,16H2,1-4H3,(H,39,47)(H,38,40,41). The van der Waals surface area contributed by atoms with E-state index >= 15 is 8.78 Å². The van der Waals surface area contributed by atoms with Crippen molar-refractivity contribution in [1.29, 1.82) is 0 Å². The number of nitrogens with zero attached hydrogens (tertiary/aromatic N) is 5. The monoisotopic (exact) mass is 675 g/mol. The number of benzene rings is 2. The van der Waals surface area contributed by atoms with Crippen LogP contribution in [0.1, 0.15) is 54.6 Å². The van der Waals surface area contributed by atoms with Gasteiger partial charge >= 0.3 is 18.2 Å². The fourth-order valence-electron chi connectivity index (χ4n) is 5.73. The number of halogens is 5. The highest BCUT2D eigenvalue weighted by molar-refractivity contribution is 6.02. The summed E-state index contributed by atoms with van der Waals surface area (Å²) in [5.41, 5.74) is 0.540. The molecule has 256 valence electrons. The lowest BCUT2D eigenvalue weighted by Crippen LogP contribution is -2.43. The van der Waals surface area contributed by atoms with Crippen molar-refractivity contribution >= 4 is 35.4 Å². The van der Waals surface area contributed by atoms with Crippen molar-refractivity contribution < 1.29 is 41.2 Å². The van der Waals surface area contributed by atoms with E-state index < -0.39 is 47.4 Å². The molecule has 3 heterocycles. The van der Waals surface area contributed by atoms with Crippen molar-refractivity contribution in [3.63, 3.8) is 0 Å². The number of aromatic nitrogens is 2. The Morgan fingerprint density at radius 3 is 2.48 bits per heavy atom. The molecule has 11 nitrogen and oxygen atoms in total. The molecule has 1 fully saturated rings. The van der Waals surface area contributed by atoms with Crippen LogP contribution in [0.2, 0.25) is 0 Å². The zero-order valence-corrected chi connectivity index (χ0v) is 26.6. The number of alkyl halides is 3. The van der Waals surface area contributed by atoms with Crippen molar-refractivity contribution in [2.75, 3.05) is 30.4 Å². The van der Waals surface area contributed by atoms with Crippen LogP contribution < -0.4 is 15.5 Å². The molecule has 1 aromatic heterocycles. The summed E-state index contributed by atoms with van der Waals surface area (Å²) in [5.74, 6) is -5.68. The molecule has 5 rings (SSSR count). The number of likely N-dealkylation sites (tertiary alicyclic amines) is 1. The van der Waals surface area contributed by atoms with Crippen LogP contribution >= 0.6 is 0 Å². The second-order valence-corrected chi connectivity index (χ2v) is 11.9. The van der Waals surface area contributed by atoms with E-state index in [0.29, 0.717) is 28.8 Å². The molecule has 16 heteroatoms. The zero-order chi connectivity index (χ0) is 34.9. The Morgan fingerprint density at radius 1 is 1.15 bits per heavy atom. The molecule has 0 radical (unpaired) electrons. The molecule has 2 aliphatic heterocycles. The number of amides is 3. The van der Waals surface area contributed by atoms with Gasteiger partial charge in [0.25, 0.3) is 5.91 Å². The number of hydrogen-bond donors (Lipinski definition) is 2. The molecule has 3 aromatic rings. The van der Waals surface area contributed by atoms with Crippen molar-refractivity contribution in [1.82, 2.24) is 25.2 Å². The van der Waals surface area contributed by atoms with E-state index in [1.807, 2.05) is 7.05 Å². The van der Waals surface area contributed by atoms with Crippen LogP contribution in [-0.4, -0.2) is 76.2 Å². The summed E-state index contributed by atoms with van der Waals surface area (Å²) in [6.45, 7) is 5.69. The molecule has 1 unspecified atom stereocenters. The fourth-order valence-corrected chi connectivity index (χ4v) is 5.73. The minimum atomic E-state index is -5.34. The van der Waals surface area contributed by atoms with Crippen LogP contribution in [0, 0.1) is 18.6 Å². The summed E-state index contributed by atoms with van der Waals surface area (Å²) in [6, 6.07) is 5.93. The van der Waals surface area contributed by atoms with E-state index in [1.54, 1.807) is 6.92 Å². The van der Waals surface area contributed by atoms with Crippen LogP contribution in [0.25, 0.3) is 11.3 Å². The van der Waals surface area contributed by atoms with Crippen molar-refractivity contribution in [2.45, 2.75) is 64.8 Å². The maximum absolute atomic E-state index is 15.1. The number of rotatable bonds is 8. The van der Waals surface area contributed by atoms with Gasteiger partial charge in [0.05, 0.1) is 18.3 Å². The highest BCUT2D eigenvalue weighted by atomic mass is 19.4. The third kappa shape index (κ3) is 7.02. The highest BCUT2D eigenvalue weighted by Gasteiger charge is 2.44. The van der Waals surface area contributed by atoms with Gasteiger partial charge in [-0.25, -0.2) is 28.3 Å². The molecule has 2 aromatic carbocycles. The van der Waals surface area contributed by atoms with Gasteiger partial charge in [-0.05, 0) is 83.5 Å². The number of urea groups is 1. The first-order chi connectivity index (χ1) is 22.7. The lowest BCUT2D eigenvalue weighted by Gasteiger charge is -2.31. The third-order valence-electron chi connectivity index (χ3n) is 8.23. The van der Waals surface area contributed by atoms with Gasteiger partial charge in [0.15, 0.2) is 5.82 Å². The summed E-state index contributed by atoms with van der Waals surface area (Å²) < 4.78 is 69.1. The smallest absolute Gasteiger partial charge is 0.354 e. The summed E-state index contributed by atoms with van der Waals surface area (Å²) >= 11 is 0. The van der Waals surface area contributed by atoms with Crippen LogP contribution in [0.4, 0.5) is 44.2 Å². The number of carbonyl (C=O) groups excluding carboxylic acids is 3. The van der Waals surface area contributed by atoms with Crippen LogP contribution in [0.3, 0.4) is 0 Å². The average molecular weight is 676 g/mol. The molecule has 1 atom stereocenters. The summed E-state index contributed by atoms with van der Waals surface area (Å²) in [4.78, 5) is 54.9. The number of fused-ring (bicyclic) bond motifs is 1. The Hall–Kier alpha value is -4.86. The van der Waals surface area contributed by atoms with Crippen LogP contribution in [0.5, 0.6) is 0 Å². The maximum atomic E-state index is 15.1. The van der Waals surface area contributed by atoms with Crippen LogP contribution in [0.15, 0.2) is 36.4 Å². The lowest BCUT2D eigenvalue weighted by atomic mass is 9.97. The number of hydroxylamine groups is 2. The van der Waals surface area contributed by atoms with Crippen molar-refractivity contribution in [3.05, 3.63) is 64.7 Å². The number of para-hydroxylation sites is 1. The van der Waals surface area contributed by atoms with Crippen LogP contribution in [-0.2, 0) is 16.2 Å². The van der Waals surface area contributed by atoms with E-state index in [0.717, 1.165) is 48.9 Å². The van der Waals surface area contributed by atoms with E-state index in [2.05, 4.69) is 25.4 Å². The molecule has 1 saturated heterocycles. The van der Waals surface area contributed by atoms with Gasteiger partial charge in [-0.3, -0.25) is 4.79 Å². The van der Waals surface area contributed by atoms with E-state index in [4.69, 9.17) is 4.98 Å². The van der Waals surface area contributed by atoms with Gasteiger partial charge in [-0.1, -0.05) is 12.1 Å². The predicted molar refractivity (Wildman–Crippen MR) is 165 cm³/mol. The van der Waals surface area contributed by atoms with Gasteiger partial charge < -0.3 is 20.4 Å². The molecule has 3 amide bonds. The van der Waals surface area contributed by atoms with Crippen molar-refractivity contribution in [2.24, 2.45) is 0 Å². The minimum absolute atomic E-state index is 0.0416. The first-order valence-electron chi connectivity index (χ1n) is 15.3. The molecule has 2 aliphatic rings. The van der Waals surface area contributed by atoms with Gasteiger partial charge in [0, 0.05) is 29.3 Å². The van der Waals surface area contributed by atoms with Crippen molar-refractivity contribution in [3.8, 4) is 11.3 Å². The average Bonchev–Trinajstić information content (AvgIpc) is 3.43. The molecular weight excluding hydrogens is 641 g/mol. The quantitative estimate of drug-likeness (QED) is 0.225. The Bertz CT molecular complexity index is 1720. The molecule has 2 N–H and O–H groups in total. The Kier molecular flexibility index (Phi) is 9.84. The first kappa shape index (κ1) is 34.5. The number of hydrogen-bond acceptors (Lipinski definition) is 8. The second-order valence-electron chi connectivity index (χ2n) is 11.9. The normalized spacial score (nSPS) is 16.5. The predicted octanol–water partition coefficient (Wildman–Crippen LogP) is 5.86. The van der Waals surface area contributed by atoms with Gasteiger partial charge in [-0.2, -0.15) is 23.2 Å². The third-order valence-corrected chi connectivity index (χ3v) is 8.23. The SMILES string of the molecule is Cc1ccc(C(=O)N(OC(=O)C(F)(F)F)C(C)C)cc1-c1nc(NCCC2CCCN2C)nc2c1CNC(=O)N2c1c(F)cccc1F. The molecular formula is C32H34F5N7O4. The number of carbonyl (C=O) groups is 3. The summed E-state index contributed by atoms with van der Waals surface area (Å²) in [7, 11) is 2.03. The number of aryl methyl sites for hydroxylation is 1. The topological polar surface area (TPSA) is 120 Å². The summed E-state index contributed by atoms with van der Waals surface area (Å²) in [6.07, 6.45) is -2.52. The molecule has 0 spiro atoms. The Morgan fingerprint density at radius 2 is 1.85 bits per heavy atom. The van der Waals surface area contributed by atoms with E-state index in [-0.39, 0.29) is 35.1 Å². The Balaban J connectivity index is 1.61. The Labute approximate surface area is 273 Å². The second kappa shape index (κ2) is 13.7. The zero-order valence-electron chi connectivity index (χ0n) is 26.6. The van der Waals surface area contributed by atoms with E-state index in [9.17, 15) is 27.6 Å². The number of nitrogens with one attached hydrogen (secondary N) is 2. The van der Waals surface area contributed by atoms with Gasteiger partial charge in [0.1, 0.15) is 17.3 Å². The molecule has 0 bridgehead atoms.